The molecule has 0 unspecified atom stereocenters. The monoisotopic (exact) mass is 352 g/mol. The molecule has 1 rings (SSSR count). The second-order valence-corrected chi connectivity index (χ2v) is 5.90. The Labute approximate surface area is 150 Å². The van der Waals surface area contributed by atoms with E-state index in [1.54, 1.807) is 31.4 Å². The summed E-state index contributed by atoms with van der Waals surface area (Å²) in [5.41, 5.74) is 0.543. The quantitative estimate of drug-likeness (QED) is 0.473. The molecule has 0 fully saturated rings. The summed E-state index contributed by atoms with van der Waals surface area (Å²) in [4.78, 5) is 12.1. The zero-order valence-electron chi connectivity index (χ0n) is 14.6. The van der Waals surface area contributed by atoms with E-state index in [-0.39, 0.29) is 5.91 Å². The van der Waals surface area contributed by atoms with E-state index in [1.807, 2.05) is 0 Å². The predicted octanol–water partition coefficient (Wildman–Crippen LogP) is 3.29. The Morgan fingerprint density at radius 3 is 2.46 bits per heavy atom. The molecule has 1 aromatic carbocycles. The smallest absolute Gasteiger partial charge is 0.257 e. The van der Waals surface area contributed by atoms with Gasteiger partial charge < -0.3 is 14.8 Å². The Balaban J connectivity index is 2.27. The number of carbonyl (C=O) groups is 1. The Kier molecular flexibility index (Phi) is 10.8. The van der Waals surface area contributed by atoms with Crippen molar-refractivity contribution in [1.29, 1.82) is 0 Å². The minimum absolute atomic E-state index is 0.220. The average molecular weight is 353 g/mol. The number of nitrogens with one attached hydrogen (secondary N) is 2. The lowest BCUT2D eigenvalue weighted by Gasteiger charge is -2.10. The van der Waals surface area contributed by atoms with Crippen LogP contribution < -0.4 is 15.4 Å². The van der Waals surface area contributed by atoms with Gasteiger partial charge in [0.2, 0.25) is 0 Å². The van der Waals surface area contributed by atoms with Gasteiger partial charge in [0.15, 0.2) is 5.11 Å². The molecule has 0 heterocycles. The summed E-state index contributed by atoms with van der Waals surface area (Å²) in [6.45, 7) is 3.99. The molecule has 0 atom stereocenters. The molecule has 0 aromatic heterocycles. The summed E-state index contributed by atoms with van der Waals surface area (Å²) >= 11 is 5.15. The zero-order valence-corrected chi connectivity index (χ0v) is 15.4. The van der Waals surface area contributed by atoms with E-state index >= 15 is 0 Å². The molecule has 134 valence electrons. The number of benzene rings is 1. The first-order valence-electron chi connectivity index (χ1n) is 8.48. The van der Waals surface area contributed by atoms with Crippen molar-refractivity contribution >= 4 is 23.2 Å². The fourth-order valence-corrected chi connectivity index (χ4v) is 2.29. The molecule has 5 nitrogen and oxygen atoms in total. The van der Waals surface area contributed by atoms with Gasteiger partial charge in [0.25, 0.3) is 5.91 Å². The molecule has 0 aliphatic carbocycles. The minimum atomic E-state index is -0.220. The van der Waals surface area contributed by atoms with E-state index in [9.17, 15) is 4.79 Å². The number of carbonyl (C=O) groups excluding carboxylic acids is 1. The first kappa shape index (κ1) is 20.4. The summed E-state index contributed by atoms with van der Waals surface area (Å²) < 4.78 is 10.4. The van der Waals surface area contributed by atoms with Crippen molar-refractivity contribution in [1.82, 2.24) is 10.6 Å². The van der Waals surface area contributed by atoms with Gasteiger partial charge >= 0.3 is 0 Å². The number of methoxy groups -OCH3 is 1. The highest BCUT2D eigenvalue weighted by Gasteiger charge is 2.07. The number of amides is 1. The topological polar surface area (TPSA) is 59.6 Å². The van der Waals surface area contributed by atoms with E-state index in [4.69, 9.17) is 21.7 Å². The molecule has 24 heavy (non-hydrogen) atoms. The highest BCUT2D eigenvalue weighted by atomic mass is 32.1. The van der Waals surface area contributed by atoms with Gasteiger partial charge in [0, 0.05) is 19.2 Å². The second-order valence-electron chi connectivity index (χ2n) is 5.49. The standard InChI is InChI=1S/C18H28N2O3S/c1-3-4-5-6-7-12-19-18(24)20-17(21)15-8-10-16(11-9-15)23-14-13-22-2/h8-11H,3-7,12-14H2,1-2H3,(H2,19,20,21,24). The van der Waals surface area contributed by atoms with Crippen molar-refractivity contribution < 1.29 is 14.3 Å². The molecule has 2 N–H and O–H groups in total. The number of ether oxygens (including phenoxy) is 2. The summed E-state index contributed by atoms with van der Waals surface area (Å²) in [5, 5.41) is 6.13. The van der Waals surface area contributed by atoms with E-state index in [2.05, 4.69) is 17.6 Å². The van der Waals surface area contributed by atoms with Gasteiger partial charge in [-0.05, 0) is 42.9 Å². The molecule has 6 heteroatoms. The van der Waals surface area contributed by atoms with Crippen molar-refractivity contribution in [2.75, 3.05) is 26.9 Å². The Morgan fingerprint density at radius 1 is 1.08 bits per heavy atom. The van der Waals surface area contributed by atoms with Crippen molar-refractivity contribution in [3.63, 3.8) is 0 Å². The van der Waals surface area contributed by atoms with Gasteiger partial charge in [-0.2, -0.15) is 0 Å². The zero-order chi connectivity index (χ0) is 17.6. The maximum Gasteiger partial charge on any atom is 0.257 e. The fraction of sp³-hybridized carbons (Fsp3) is 0.556. The van der Waals surface area contributed by atoms with Crippen LogP contribution in [0.3, 0.4) is 0 Å². The minimum Gasteiger partial charge on any atom is -0.491 e. The molecular weight excluding hydrogens is 324 g/mol. The van der Waals surface area contributed by atoms with E-state index in [0.717, 1.165) is 13.0 Å². The van der Waals surface area contributed by atoms with Crippen LogP contribution in [-0.4, -0.2) is 37.9 Å². The third kappa shape index (κ3) is 8.84. The molecule has 1 amide bonds. The van der Waals surface area contributed by atoms with Crippen molar-refractivity contribution in [2.24, 2.45) is 0 Å². The Hall–Kier alpha value is -1.66. The van der Waals surface area contributed by atoms with Crippen molar-refractivity contribution in [3.05, 3.63) is 29.8 Å². The molecule has 0 radical (unpaired) electrons. The molecule has 0 saturated heterocycles. The second kappa shape index (κ2) is 12.7. The van der Waals surface area contributed by atoms with Gasteiger partial charge in [-0.15, -0.1) is 0 Å². The molecule has 0 saturated carbocycles. The fourth-order valence-electron chi connectivity index (χ4n) is 2.10. The molecule has 0 aliphatic rings. The first-order valence-corrected chi connectivity index (χ1v) is 8.89. The Morgan fingerprint density at radius 2 is 1.79 bits per heavy atom. The normalized spacial score (nSPS) is 10.2. The molecule has 0 bridgehead atoms. The number of rotatable bonds is 11. The largest absolute Gasteiger partial charge is 0.491 e. The summed E-state index contributed by atoms with van der Waals surface area (Å²) in [6.07, 6.45) is 5.99. The average Bonchev–Trinajstić information content (AvgIpc) is 2.59. The van der Waals surface area contributed by atoms with Crippen LogP contribution >= 0.6 is 12.2 Å². The lowest BCUT2D eigenvalue weighted by atomic mass is 10.1. The van der Waals surface area contributed by atoms with Gasteiger partial charge in [-0.1, -0.05) is 32.6 Å². The molecular formula is C18H28N2O3S. The van der Waals surface area contributed by atoms with Gasteiger partial charge in [-0.3, -0.25) is 10.1 Å². The highest BCUT2D eigenvalue weighted by molar-refractivity contribution is 7.80. The number of thiocarbonyl (C=S) groups is 1. The van der Waals surface area contributed by atoms with Crippen LogP contribution in [-0.2, 0) is 4.74 Å². The van der Waals surface area contributed by atoms with Gasteiger partial charge in [0.05, 0.1) is 6.61 Å². The third-order valence-corrected chi connectivity index (χ3v) is 3.71. The van der Waals surface area contributed by atoms with E-state index in [1.165, 1.54) is 25.7 Å². The van der Waals surface area contributed by atoms with Gasteiger partial charge in [-0.25, -0.2) is 0 Å². The number of hydrogen-bond donors (Lipinski definition) is 2. The number of hydrogen-bond acceptors (Lipinski definition) is 4. The summed E-state index contributed by atoms with van der Waals surface area (Å²) in [6, 6.07) is 6.94. The van der Waals surface area contributed by atoms with Crippen molar-refractivity contribution in [3.8, 4) is 5.75 Å². The van der Waals surface area contributed by atoms with Crippen LogP contribution in [0.1, 0.15) is 49.4 Å². The van der Waals surface area contributed by atoms with E-state index in [0.29, 0.717) is 29.6 Å². The SMILES string of the molecule is CCCCCCCNC(=S)NC(=O)c1ccc(OCCOC)cc1. The van der Waals surface area contributed by atoms with Crippen molar-refractivity contribution in [2.45, 2.75) is 39.0 Å². The molecule has 0 aliphatic heterocycles. The predicted molar refractivity (Wildman–Crippen MR) is 101 cm³/mol. The third-order valence-electron chi connectivity index (χ3n) is 3.47. The maximum atomic E-state index is 12.1. The van der Waals surface area contributed by atoms with Crippen LogP contribution in [0.5, 0.6) is 5.75 Å². The summed E-state index contributed by atoms with van der Waals surface area (Å²) in [5.74, 6) is 0.485. The van der Waals surface area contributed by atoms with Crippen LogP contribution in [0.2, 0.25) is 0 Å². The van der Waals surface area contributed by atoms with Crippen LogP contribution in [0.25, 0.3) is 0 Å². The summed E-state index contributed by atoms with van der Waals surface area (Å²) in [7, 11) is 1.62. The van der Waals surface area contributed by atoms with Crippen LogP contribution in [0.4, 0.5) is 0 Å². The maximum absolute atomic E-state index is 12.1. The van der Waals surface area contributed by atoms with Gasteiger partial charge in [0.1, 0.15) is 12.4 Å². The van der Waals surface area contributed by atoms with Crippen LogP contribution in [0.15, 0.2) is 24.3 Å². The first-order chi connectivity index (χ1) is 11.7. The van der Waals surface area contributed by atoms with E-state index < -0.39 is 0 Å². The molecule has 1 aromatic rings. The highest BCUT2D eigenvalue weighted by Crippen LogP contribution is 2.12. The lowest BCUT2D eigenvalue weighted by molar-refractivity contribution is 0.0976. The Bertz CT molecular complexity index is 492. The number of unbranched alkanes of at least 4 members (excludes halogenated alkanes) is 4. The lowest BCUT2D eigenvalue weighted by Crippen LogP contribution is -2.39. The van der Waals surface area contributed by atoms with Crippen LogP contribution in [0, 0.1) is 0 Å². The molecule has 0 spiro atoms.